The molecule has 0 aromatic carbocycles. The van der Waals surface area contributed by atoms with Crippen molar-refractivity contribution in [1.29, 1.82) is 0 Å². The molecular formula is C8H20O. The van der Waals surface area contributed by atoms with Crippen LogP contribution in [-0.2, 0) is 0 Å². The fourth-order valence-corrected chi connectivity index (χ4v) is 0.770. The summed E-state index contributed by atoms with van der Waals surface area (Å²) in [5.41, 5.74) is 0. The molecule has 0 aromatic heterocycles. The minimum absolute atomic E-state index is 0. The summed E-state index contributed by atoms with van der Waals surface area (Å²) >= 11 is 0. The van der Waals surface area contributed by atoms with Crippen molar-refractivity contribution in [1.82, 2.24) is 0 Å². The van der Waals surface area contributed by atoms with Crippen molar-refractivity contribution >= 4 is 0 Å². The second-order valence-electron chi connectivity index (χ2n) is 3.35. The van der Waals surface area contributed by atoms with E-state index in [2.05, 4.69) is 34.6 Å². The van der Waals surface area contributed by atoms with E-state index in [-0.39, 0.29) is 5.48 Å². The molecule has 2 N–H and O–H groups in total. The molecule has 9 heavy (non-hydrogen) atoms. The van der Waals surface area contributed by atoms with E-state index in [1.807, 2.05) is 0 Å². The minimum atomic E-state index is 0. The van der Waals surface area contributed by atoms with Crippen LogP contribution >= 0.6 is 0 Å². The third-order valence-corrected chi connectivity index (χ3v) is 2.10. The summed E-state index contributed by atoms with van der Waals surface area (Å²) in [4.78, 5) is 0. The lowest BCUT2D eigenvalue weighted by Gasteiger charge is -2.18. The van der Waals surface area contributed by atoms with E-state index in [1.54, 1.807) is 0 Å². The molecule has 1 heteroatoms. The van der Waals surface area contributed by atoms with Crippen LogP contribution in [0.2, 0.25) is 0 Å². The highest BCUT2D eigenvalue weighted by molar-refractivity contribution is 4.59. The summed E-state index contributed by atoms with van der Waals surface area (Å²) in [6.45, 7) is 11.4. The average molecular weight is 132 g/mol. The predicted molar refractivity (Wildman–Crippen MR) is 42.5 cm³/mol. The molecule has 0 aromatic rings. The lowest BCUT2D eigenvalue weighted by atomic mass is 9.88. The molecule has 0 unspecified atom stereocenters. The molecule has 0 heterocycles. The molecular weight excluding hydrogens is 112 g/mol. The standard InChI is InChI=1S/C8H18.H2O/c1-6(2)8(5)7(3)4;/h6-8H,1-5H3;1H2. The number of hydrogen-bond donors (Lipinski definition) is 0. The van der Waals surface area contributed by atoms with Gasteiger partial charge < -0.3 is 5.48 Å². The molecule has 0 amide bonds. The van der Waals surface area contributed by atoms with Gasteiger partial charge in [-0.25, -0.2) is 0 Å². The smallest absolute Gasteiger partial charge is 0.0396 e. The zero-order valence-electron chi connectivity index (χ0n) is 7.23. The minimum Gasteiger partial charge on any atom is -0.412 e. The molecule has 0 atom stereocenters. The maximum Gasteiger partial charge on any atom is -0.0396 e. The van der Waals surface area contributed by atoms with Gasteiger partial charge >= 0.3 is 0 Å². The van der Waals surface area contributed by atoms with Gasteiger partial charge in [-0.2, -0.15) is 0 Å². The van der Waals surface area contributed by atoms with Gasteiger partial charge in [0, 0.05) is 0 Å². The van der Waals surface area contributed by atoms with Gasteiger partial charge in [0.15, 0.2) is 0 Å². The lowest BCUT2D eigenvalue weighted by molar-refractivity contribution is 0.316. The maximum absolute atomic E-state index is 2.31. The molecule has 0 aliphatic heterocycles. The third kappa shape index (κ3) is 4.46. The molecule has 0 saturated carbocycles. The van der Waals surface area contributed by atoms with Crippen LogP contribution in [0.4, 0.5) is 0 Å². The first-order valence-electron chi connectivity index (χ1n) is 3.55. The van der Waals surface area contributed by atoms with Crippen LogP contribution in [0.15, 0.2) is 0 Å². The van der Waals surface area contributed by atoms with E-state index >= 15 is 0 Å². The first-order valence-corrected chi connectivity index (χ1v) is 3.55. The maximum atomic E-state index is 2.31. The Kier molecular flexibility index (Phi) is 6.25. The van der Waals surface area contributed by atoms with Gasteiger partial charge in [-0.15, -0.1) is 0 Å². The highest BCUT2D eigenvalue weighted by Crippen LogP contribution is 2.18. The van der Waals surface area contributed by atoms with Crippen LogP contribution < -0.4 is 0 Å². The Bertz CT molecular complexity index is 49.6. The van der Waals surface area contributed by atoms with Crippen molar-refractivity contribution in [2.75, 3.05) is 0 Å². The van der Waals surface area contributed by atoms with Crippen LogP contribution in [0.1, 0.15) is 34.6 Å². The second-order valence-corrected chi connectivity index (χ2v) is 3.35. The van der Waals surface area contributed by atoms with E-state index in [4.69, 9.17) is 0 Å². The first-order chi connectivity index (χ1) is 3.55. The van der Waals surface area contributed by atoms with Crippen molar-refractivity contribution in [2.24, 2.45) is 17.8 Å². The normalized spacial score (nSPS) is 10.7. The molecule has 1 nitrogen and oxygen atoms in total. The quantitative estimate of drug-likeness (QED) is 0.551. The van der Waals surface area contributed by atoms with Crippen LogP contribution in [0.3, 0.4) is 0 Å². The van der Waals surface area contributed by atoms with E-state index in [0.717, 1.165) is 17.8 Å². The van der Waals surface area contributed by atoms with Crippen molar-refractivity contribution < 1.29 is 5.48 Å². The van der Waals surface area contributed by atoms with Crippen molar-refractivity contribution in [2.45, 2.75) is 34.6 Å². The molecule has 0 saturated heterocycles. The molecule has 0 rings (SSSR count). The second kappa shape index (κ2) is 4.80. The van der Waals surface area contributed by atoms with Crippen LogP contribution in [0.5, 0.6) is 0 Å². The zero-order chi connectivity index (χ0) is 6.73. The molecule has 0 fully saturated rings. The van der Waals surface area contributed by atoms with Crippen molar-refractivity contribution in [3.63, 3.8) is 0 Å². The third-order valence-electron chi connectivity index (χ3n) is 2.10. The summed E-state index contributed by atoms with van der Waals surface area (Å²) in [6, 6.07) is 0. The molecule has 0 radical (unpaired) electrons. The van der Waals surface area contributed by atoms with Crippen LogP contribution in [0, 0.1) is 17.8 Å². The summed E-state index contributed by atoms with van der Waals surface area (Å²) in [5.74, 6) is 2.56. The average Bonchev–Trinajstić information content (AvgIpc) is 1.64. The fraction of sp³-hybridized carbons (Fsp3) is 1.00. The van der Waals surface area contributed by atoms with Gasteiger partial charge in [-0.1, -0.05) is 34.6 Å². The van der Waals surface area contributed by atoms with Gasteiger partial charge in [0.05, 0.1) is 0 Å². The number of hydrogen-bond acceptors (Lipinski definition) is 0. The molecule has 58 valence electrons. The zero-order valence-corrected chi connectivity index (χ0v) is 7.23. The SMILES string of the molecule is CC(C)C(C)C(C)C.O. The fourth-order valence-electron chi connectivity index (χ4n) is 0.770. The Labute approximate surface area is 58.8 Å². The number of rotatable bonds is 2. The lowest BCUT2D eigenvalue weighted by Crippen LogP contribution is -2.10. The van der Waals surface area contributed by atoms with Gasteiger partial charge in [0.1, 0.15) is 0 Å². The van der Waals surface area contributed by atoms with E-state index in [9.17, 15) is 0 Å². The molecule has 0 bridgehead atoms. The topological polar surface area (TPSA) is 31.5 Å². The van der Waals surface area contributed by atoms with E-state index < -0.39 is 0 Å². The van der Waals surface area contributed by atoms with E-state index in [0.29, 0.717) is 0 Å². The van der Waals surface area contributed by atoms with Crippen molar-refractivity contribution in [3.05, 3.63) is 0 Å². The van der Waals surface area contributed by atoms with Gasteiger partial charge in [0.2, 0.25) is 0 Å². The van der Waals surface area contributed by atoms with Crippen LogP contribution in [0.25, 0.3) is 0 Å². The van der Waals surface area contributed by atoms with Gasteiger partial charge in [0.25, 0.3) is 0 Å². The van der Waals surface area contributed by atoms with Crippen molar-refractivity contribution in [3.8, 4) is 0 Å². The van der Waals surface area contributed by atoms with Gasteiger partial charge in [-0.3, -0.25) is 0 Å². The molecule has 0 aliphatic rings. The summed E-state index contributed by atoms with van der Waals surface area (Å²) < 4.78 is 0. The monoisotopic (exact) mass is 132 g/mol. The molecule has 0 aliphatic carbocycles. The Morgan fingerprint density at radius 3 is 0.889 bits per heavy atom. The summed E-state index contributed by atoms with van der Waals surface area (Å²) in [7, 11) is 0. The Morgan fingerprint density at radius 2 is 0.889 bits per heavy atom. The largest absolute Gasteiger partial charge is 0.412 e. The highest BCUT2D eigenvalue weighted by Gasteiger charge is 2.09. The Hall–Kier alpha value is -0.0400. The Morgan fingerprint density at radius 1 is 0.667 bits per heavy atom. The van der Waals surface area contributed by atoms with Crippen LogP contribution in [-0.4, -0.2) is 5.48 Å². The Balaban J connectivity index is 0. The first kappa shape index (κ1) is 11.7. The summed E-state index contributed by atoms with van der Waals surface area (Å²) in [6.07, 6.45) is 0. The molecule has 0 spiro atoms. The predicted octanol–water partition coefficient (Wildman–Crippen LogP) is 2.11. The summed E-state index contributed by atoms with van der Waals surface area (Å²) in [5, 5.41) is 0. The van der Waals surface area contributed by atoms with Gasteiger partial charge in [-0.05, 0) is 17.8 Å². The van der Waals surface area contributed by atoms with E-state index in [1.165, 1.54) is 0 Å². The highest BCUT2D eigenvalue weighted by atomic mass is 16.0.